The summed E-state index contributed by atoms with van der Waals surface area (Å²) in [5.41, 5.74) is 2.29. The van der Waals surface area contributed by atoms with Gasteiger partial charge in [-0.3, -0.25) is 0 Å². The molecule has 0 fully saturated rings. The van der Waals surface area contributed by atoms with Crippen LogP contribution in [0.2, 0.25) is 0 Å². The standard InChI is InChI=1S/C17H14N2S/c1-2-6-12(7-3-1)18-17-14-10-11-20-16(14)13-8-4-5-9-15(13)19-17/h1-2,4-6,8-11H,3,7H2,(H,18,19). The van der Waals surface area contributed by atoms with E-state index in [1.807, 2.05) is 6.07 Å². The van der Waals surface area contributed by atoms with Gasteiger partial charge < -0.3 is 5.32 Å². The van der Waals surface area contributed by atoms with Gasteiger partial charge in [0.2, 0.25) is 0 Å². The number of nitrogens with one attached hydrogen (secondary N) is 1. The van der Waals surface area contributed by atoms with E-state index in [1.54, 1.807) is 11.3 Å². The SMILES string of the molecule is C1=CCCC(Nc2nc3ccccc3c3sccc23)=C1. The Kier molecular flexibility index (Phi) is 2.78. The van der Waals surface area contributed by atoms with E-state index >= 15 is 0 Å². The van der Waals surface area contributed by atoms with Gasteiger partial charge in [0.25, 0.3) is 0 Å². The zero-order valence-electron chi connectivity index (χ0n) is 11.0. The van der Waals surface area contributed by atoms with Gasteiger partial charge in [0.1, 0.15) is 5.82 Å². The topological polar surface area (TPSA) is 24.9 Å². The summed E-state index contributed by atoms with van der Waals surface area (Å²) in [5, 5.41) is 8.09. The van der Waals surface area contributed by atoms with E-state index in [2.05, 4.69) is 53.2 Å². The fourth-order valence-corrected chi connectivity index (χ4v) is 3.53. The molecule has 98 valence electrons. The summed E-state index contributed by atoms with van der Waals surface area (Å²) in [7, 11) is 0. The zero-order chi connectivity index (χ0) is 13.4. The molecule has 1 aliphatic carbocycles. The van der Waals surface area contributed by atoms with Crippen LogP contribution in [0.4, 0.5) is 5.82 Å². The van der Waals surface area contributed by atoms with E-state index in [-0.39, 0.29) is 0 Å². The van der Waals surface area contributed by atoms with Gasteiger partial charge in [0, 0.05) is 21.2 Å². The number of fused-ring (bicyclic) bond motifs is 3. The molecule has 2 aromatic heterocycles. The van der Waals surface area contributed by atoms with Crippen LogP contribution >= 0.6 is 11.3 Å². The van der Waals surface area contributed by atoms with Crippen LogP contribution in [0.5, 0.6) is 0 Å². The van der Waals surface area contributed by atoms with Crippen LogP contribution in [0.25, 0.3) is 21.0 Å². The molecule has 2 nitrogen and oxygen atoms in total. The Hall–Kier alpha value is -2.13. The second kappa shape index (κ2) is 4.76. The van der Waals surface area contributed by atoms with Crippen molar-refractivity contribution in [1.82, 2.24) is 4.98 Å². The van der Waals surface area contributed by atoms with Crippen LogP contribution in [0.3, 0.4) is 0 Å². The molecular weight excluding hydrogens is 264 g/mol. The van der Waals surface area contributed by atoms with Crippen molar-refractivity contribution in [1.29, 1.82) is 0 Å². The number of nitrogens with zero attached hydrogens (tertiary/aromatic N) is 1. The molecule has 4 rings (SSSR count). The van der Waals surface area contributed by atoms with Crippen molar-refractivity contribution in [2.75, 3.05) is 5.32 Å². The van der Waals surface area contributed by atoms with Crippen molar-refractivity contribution >= 4 is 38.1 Å². The predicted octanol–water partition coefficient (Wildman–Crippen LogP) is 5.10. The highest BCUT2D eigenvalue weighted by Crippen LogP contribution is 2.34. The highest BCUT2D eigenvalue weighted by molar-refractivity contribution is 7.18. The van der Waals surface area contributed by atoms with E-state index in [0.29, 0.717) is 0 Å². The molecule has 0 amide bonds. The highest BCUT2D eigenvalue weighted by Gasteiger charge is 2.10. The van der Waals surface area contributed by atoms with E-state index in [9.17, 15) is 0 Å². The number of aromatic nitrogens is 1. The molecule has 0 saturated carbocycles. The van der Waals surface area contributed by atoms with Crippen molar-refractivity contribution < 1.29 is 0 Å². The second-order valence-electron chi connectivity index (χ2n) is 4.92. The number of hydrogen-bond acceptors (Lipinski definition) is 3. The molecule has 0 unspecified atom stereocenters. The van der Waals surface area contributed by atoms with E-state index in [4.69, 9.17) is 4.98 Å². The first kappa shape index (κ1) is 11.7. The number of allylic oxidation sites excluding steroid dienone is 4. The lowest BCUT2D eigenvalue weighted by molar-refractivity contribution is 0.964. The molecule has 20 heavy (non-hydrogen) atoms. The van der Waals surface area contributed by atoms with Crippen molar-refractivity contribution in [3.8, 4) is 0 Å². The predicted molar refractivity (Wildman–Crippen MR) is 87.2 cm³/mol. The average molecular weight is 278 g/mol. The summed E-state index contributed by atoms with van der Waals surface area (Å²) in [6, 6.07) is 10.5. The average Bonchev–Trinajstić information content (AvgIpc) is 2.98. The van der Waals surface area contributed by atoms with Gasteiger partial charge in [-0.2, -0.15) is 0 Å². The molecule has 0 aliphatic heterocycles. The Labute approximate surface area is 121 Å². The zero-order valence-corrected chi connectivity index (χ0v) is 11.8. The molecule has 0 bridgehead atoms. The molecule has 1 N–H and O–H groups in total. The molecule has 0 radical (unpaired) electrons. The molecule has 1 aliphatic rings. The van der Waals surface area contributed by atoms with Gasteiger partial charge in [0.15, 0.2) is 0 Å². The largest absolute Gasteiger partial charge is 0.343 e. The number of thiophene rings is 1. The summed E-state index contributed by atoms with van der Waals surface area (Å²) in [6.07, 6.45) is 8.59. The van der Waals surface area contributed by atoms with Crippen LogP contribution in [-0.2, 0) is 0 Å². The van der Waals surface area contributed by atoms with Crippen LogP contribution in [0.15, 0.2) is 59.6 Å². The fraction of sp³-hybridized carbons (Fsp3) is 0.118. The fourth-order valence-electron chi connectivity index (χ4n) is 2.60. The van der Waals surface area contributed by atoms with Crippen molar-refractivity contribution in [3.05, 3.63) is 59.6 Å². The maximum Gasteiger partial charge on any atom is 0.139 e. The van der Waals surface area contributed by atoms with Crippen molar-refractivity contribution in [3.63, 3.8) is 0 Å². The van der Waals surface area contributed by atoms with E-state index < -0.39 is 0 Å². The Morgan fingerprint density at radius 1 is 1.10 bits per heavy atom. The van der Waals surface area contributed by atoms with Gasteiger partial charge in [0.05, 0.1) is 5.52 Å². The number of pyridine rings is 1. The minimum Gasteiger partial charge on any atom is -0.343 e. The first-order valence-corrected chi connectivity index (χ1v) is 7.68. The molecule has 0 spiro atoms. The number of benzene rings is 1. The van der Waals surface area contributed by atoms with Crippen LogP contribution < -0.4 is 5.32 Å². The highest BCUT2D eigenvalue weighted by atomic mass is 32.1. The minimum absolute atomic E-state index is 0.974. The Bertz CT molecular complexity index is 842. The normalized spacial score (nSPS) is 14.7. The first-order valence-electron chi connectivity index (χ1n) is 6.80. The van der Waals surface area contributed by atoms with Crippen molar-refractivity contribution in [2.45, 2.75) is 12.8 Å². The summed E-state index contributed by atoms with van der Waals surface area (Å²) >= 11 is 1.78. The molecular formula is C17H14N2S. The van der Waals surface area contributed by atoms with Gasteiger partial charge in [-0.1, -0.05) is 30.4 Å². The number of hydrogen-bond donors (Lipinski definition) is 1. The smallest absolute Gasteiger partial charge is 0.139 e. The van der Waals surface area contributed by atoms with E-state index in [0.717, 1.165) is 24.2 Å². The van der Waals surface area contributed by atoms with Gasteiger partial charge >= 0.3 is 0 Å². The summed E-state index contributed by atoms with van der Waals surface area (Å²) in [4.78, 5) is 4.80. The summed E-state index contributed by atoms with van der Waals surface area (Å²) in [6.45, 7) is 0. The monoisotopic (exact) mass is 278 g/mol. The second-order valence-corrected chi connectivity index (χ2v) is 5.84. The molecule has 2 heterocycles. The third kappa shape index (κ3) is 1.91. The summed E-state index contributed by atoms with van der Waals surface area (Å²) in [5.74, 6) is 0.974. The maximum atomic E-state index is 4.80. The number of para-hydroxylation sites is 1. The van der Waals surface area contributed by atoms with Crippen molar-refractivity contribution in [2.24, 2.45) is 0 Å². The van der Waals surface area contributed by atoms with Gasteiger partial charge in [-0.05, 0) is 36.4 Å². The lowest BCUT2D eigenvalue weighted by Crippen LogP contribution is -2.03. The lowest BCUT2D eigenvalue weighted by Gasteiger charge is -2.13. The Morgan fingerprint density at radius 2 is 2.05 bits per heavy atom. The molecule has 3 heteroatoms. The molecule has 1 aromatic carbocycles. The Balaban J connectivity index is 1.90. The molecule has 0 atom stereocenters. The van der Waals surface area contributed by atoms with Crippen LogP contribution in [0.1, 0.15) is 12.8 Å². The summed E-state index contributed by atoms with van der Waals surface area (Å²) < 4.78 is 1.31. The lowest BCUT2D eigenvalue weighted by atomic mass is 10.1. The van der Waals surface area contributed by atoms with Gasteiger partial charge in [-0.25, -0.2) is 4.98 Å². The van der Waals surface area contributed by atoms with Gasteiger partial charge in [-0.15, -0.1) is 11.3 Å². The van der Waals surface area contributed by atoms with Crippen LogP contribution in [-0.4, -0.2) is 4.98 Å². The minimum atomic E-state index is 0.974. The maximum absolute atomic E-state index is 4.80. The first-order chi connectivity index (χ1) is 9.92. The number of anilines is 1. The van der Waals surface area contributed by atoms with E-state index in [1.165, 1.54) is 21.2 Å². The molecule has 0 saturated heterocycles. The third-order valence-electron chi connectivity index (χ3n) is 3.59. The van der Waals surface area contributed by atoms with Crippen LogP contribution in [0, 0.1) is 0 Å². The number of rotatable bonds is 2. The third-order valence-corrected chi connectivity index (χ3v) is 4.54. The molecule has 3 aromatic rings. The quantitative estimate of drug-likeness (QED) is 0.705. The Morgan fingerprint density at radius 3 is 2.95 bits per heavy atom.